The Morgan fingerprint density at radius 3 is 1.74 bits per heavy atom. The van der Waals surface area contributed by atoms with Crippen molar-refractivity contribution in [1.29, 1.82) is 0 Å². The SMILES string of the molecule is O=C(OCc1ccccc1)C(C(=O)OCc1ccccc1)C1(c2c[nH]c3ccccc23)C(=O)N(Cc2ccccc2)c2ccccc21. The molecular formula is C40H32N2O5. The summed E-state index contributed by atoms with van der Waals surface area (Å²) in [7, 11) is 0. The molecule has 0 aliphatic carbocycles. The molecule has 1 aliphatic rings. The Morgan fingerprint density at radius 1 is 0.617 bits per heavy atom. The van der Waals surface area contributed by atoms with Crippen LogP contribution in [0.3, 0.4) is 0 Å². The number of carbonyl (C=O) groups is 3. The van der Waals surface area contributed by atoms with Crippen LogP contribution in [0.1, 0.15) is 27.8 Å². The van der Waals surface area contributed by atoms with Crippen LogP contribution >= 0.6 is 0 Å². The van der Waals surface area contributed by atoms with Crippen LogP contribution < -0.4 is 4.90 Å². The second-order valence-corrected chi connectivity index (χ2v) is 11.6. The normalized spacial score (nSPS) is 15.5. The van der Waals surface area contributed by atoms with E-state index in [0.717, 1.165) is 22.2 Å². The second kappa shape index (κ2) is 12.8. The van der Waals surface area contributed by atoms with Gasteiger partial charge >= 0.3 is 11.9 Å². The monoisotopic (exact) mass is 620 g/mol. The van der Waals surface area contributed by atoms with E-state index in [4.69, 9.17) is 9.47 Å². The van der Waals surface area contributed by atoms with Crippen LogP contribution in [0.25, 0.3) is 10.9 Å². The number of nitrogens with one attached hydrogen (secondary N) is 1. The molecule has 1 aliphatic heterocycles. The van der Waals surface area contributed by atoms with Crippen LogP contribution in [0.2, 0.25) is 0 Å². The Balaban J connectivity index is 1.41. The molecule has 7 nitrogen and oxygen atoms in total. The van der Waals surface area contributed by atoms with E-state index in [0.29, 0.717) is 22.2 Å². The van der Waals surface area contributed by atoms with Gasteiger partial charge in [0.2, 0.25) is 5.91 Å². The third-order valence-corrected chi connectivity index (χ3v) is 8.75. The van der Waals surface area contributed by atoms with Crippen LogP contribution in [0.5, 0.6) is 0 Å². The molecule has 1 aromatic heterocycles. The molecule has 1 atom stereocenters. The lowest BCUT2D eigenvalue weighted by atomic mass is 9.66. The average Bonchev–Trinajstić information content (AvgIpc) is 3.65. The number of hydrogen-bond donors (Lipinski definition) is 1. The number of amides is 1. The van der Waals surface area contributed by atoms with Crippen LogP contribution in [-0.4, -0.2) is 22.8 Å². The molecule has 0 radical (unpaired) electrons. The molecule has 7 heteroatoms. The number of aromatic amines is 1. The van der Waals surface area contributed by atoms with Crippen molar-refractivity contribution in [2.24, 2.45) is 5.92 Å². The van der Waals surface area contributed by atoms with Gasteiger partial charge in [-0.1, -0.05) is 127 Å². The van der Waals surface area contributed by atoms with E-state index in [2.05, 4.69) is 4.98 Å². The molecule has 7 rings (SSSR count). The first kappa shape index (κ1) is 29.7. The summed E-state index contributed by atoms with van der Waals surface area (Å²) >= 11 is 0. The van der Waals surface area contributed by atoms with E-state index in [1.54, 1.807) is 11.1 Å². The molecule has 6 aromatic rings. The Labute approximate surface area is 272 Å². The van der Waals surface area contributed by atoms with Gasteiger partial charge < -0.3 is 19.4 Å². The molecule has 1 amide bonds. The van der Waals surface area contributed by atoms with E-state index in [9.17, 15) is 9.59 Å². The molecule has 0 spiro atoms. The summed E-state index contributed by atoms with van der Waals surface area (Å²) in [6.45, 7) is 0.0942. The first-order valence-corrected chi connectivity index (χ1v) is 15.5. The minimum atomic E-state index is -1.80. The number of aromatic nitrogens is 1. The van der Waals surface area contributed by atoms with E-state index in [-0.39, 0.29) is 19.8 Å². The topological polar surface area (TPSA) is 88.7 Å². The van der Waals surface area contributed by atoms with Gasteiger partial charge in [0.1, 0.15) is 18.6 Å². The standard InChI is InChI=1S/C40H32N2O5/c43-37(46-26-29-16-6-2-7-17-29)36(38(44)47-27-30-18-8-3-9-19-30)40(33-24-41-34-22-12-10-20-31(33)34)32-21-11-13-23-35(32)42(39(40)45)25-28-14-4-1-5-15-28/h1-24,36,41H,25-27H2. The van der Waals surface area contributed by atoms with Crippen molar-refractivity contribution in [3.8, 4) is 0 Å². The number of nitrogens with zero attached hydrogens (tertiary/aromatic N) is 1. The zero-order valence-corrected chi connectivity index (χ0v) is 25.5. The van der Waals surface area contributed by atoms with Crippen LogP contribution in [-0.2, 0) is 49.0 Å². The van der Waals surface area contributed by atoms with Crippen molar-refractivity contribution >= 4 is 34.4 Å². The lowest BCUT2D eigenvalue weighted by Gasteiger charge is -2.34. The van der Waals surface area contributed by atoms with E-state index in [1.807, 2.05) is 140 Å². The first-order valence-electron chi connectivity index (χ1n) is 15.5. The minimum absolute atomic E-state index is 0.0737. The van der Waals surface area contributed by atoms with Crippen molar-refractivity contribution < 1.29 is 23.9 Å². The number of rotatable bonds is 10. The smallest absolute Gasteiger partial charge is 0.322 e. The third kappa shape index (κ3) is 5.46. The van der Waals surface area contributed by atoms with Crippen molar-refractivity contribution in [3.05, 3.63) is 174 Å². The maximum absolute atomic E-state index is 15.3. The Morgan fingerprint density at radius 2 is 1.13 bits per heavy atom. The lowest BCUT2D eigenvalue weighted by molar-refractivity contribution is -0.168. The first-order chi connectivity index (χ1) is 23.1. The number of esters is 2. The van der Waals surface area contributed by atoms with Crippen molar-refractivity contribution in [3.63, 3.8) is 0 Å². The largest absolute Gasteiger partial charge is 0.460 e. The molecule has 2 heterocycles. The summed E-state index contributed by atoms with van der Waals surface area (Å²) < 4.78 is 11.8. The van der Waals surface area contributed by atoms with Crippen molar-refractivity contribution in [2.75, 3.05) is 4.90 Å². The molecule has 47 heavy (non-hydrogen) atoms. The molecule has 5 aromatic carbocycles. The third-order valence-electron chi connectivity index (χ3n) is 8.75. The Kier molecular flexibility index (Phi) is 8.11. The van der Waals surface area contributed by atoms with Gasteiger partial charge in [0, 0.05) is 22.8 Å². The maximum Gasteiger partial charge on any atom is 0.322 e. The van der Waals surface area contributed by atoms with Crippen LogP contribution in [0.4, 0.5) is 5.69 Å². The number of carbonyl (C=O) groups excluding carboxylic acids is 3. The maximum atomic E-state index is 15.3. The van der Waals surface area contributed by atoms with E-state index in [1.165, 1.54) is 0 Å². The molecule has 0 saturated heterocycles. The summed E-state index contributed by atoms with van der Waals surface area (Å²) in [5, 5.41) is 0.717. The van der Waals surface area contributed by atoms with Gasteiger partial charge in [-0.05, 0) is 39.9 Å². The Bertz CT molecular complexity index is 1990. The Hall–Kier alpha value is -5.95. The van der Waals surface area contributed by atoms with Crippen molar-refractivity contribution in [2.45, 2.75) is 25.2 Å². The molecule has 0 bridgehead atoms. The van der Waals surface area contributed by atoms with Gasteiger partial charge in [0.25, 0.3) is 0 Å². The minimum Gasteiger partial charge on any atom is -0.460 e. The zero-order chi connectivity index (χ0) is 32.2. The fraction of sp³-hybridized carbons (Fsp3) is 0.125. The number of hydrogen-bond acceptors (Lipinski definition) is 5. The second-order valence-electron chi connectivity index (χ2n) is 11.6. The highest BCUT2D eigenvalue weighted by atomic mass is 16.6. The number of fused-ring (bicyclic) bond motifs is 2. The number of para-hydroxylation sites is 2. The highest BCUT2D eigenvalue weighted by molar-refractivity contribution is 6.18. The van der Waals surface area contributed by atoms with Crippen molar-refractivity contribution in [1.82, 2.24) is 4.98 Å². The summed E-state index contributed by atoms with van der Waals surface area (Å²) in [5.41, 5.74) is 3.02. The number of H-pyrrole nitrogens is 1. The fourth-order valence-corrected chi connectivity index (χ4v) is 6.57. The summed E-state index contributed by atoms with van der Waals surface area (Å²) in [6, 6.07) is 43.0. The highest BCUT2D eigenvalue weighted by Crippen LogP contribution is 2.53. The predicted molar refractivity (Wildman–Crippen MR) is 179 cm³/mol. The number of anilines is 1. The van der Waals surface area contributed by atoms with Gasteiger partial charge in [0.15, 0.2) is 5.92 Å². The van der Waals surface area contributed by atoms with Gasteiger partial charge in [0.05, 0.1) is 6.54 Å². The van der Waals surface area contributed by atoms with E-state index >= 15 is 4.79 Å². The summed E-state index contributed by atoms with van der Waals surface area (Å²) in [6.07, 6.45) is 1.73. The van der Waals surface area contributed by atoms with Gasteiger partial charge in [-0.25, -0.2) is 0 Å². The highest BCUT2D eigenvalue weighted by Gasteiger charge is 2.63. The molecule has 0 fully saturated rings. The molecular weight excluding hydrogens is 588 g/mol. The molecule has 232 valence electrons. The number of benzene rings is 5. The van der Waals surface area contributed by atoms with Crippen LogP contribution in [0, 0.1) is 5.92 Å². The predicted octanol–water partition coefficient (Wildman–Crippen LogP) is 7.10. The average molecular weight is 621 g/mol. The molecule has 1 N–H and O–H groups in total. The number of ether oxygens (including phenoxy) is 2. The van der Waals surface area contributed by atoms with Crippen LogP contribution in [0.15, 0.2) is 146 Å². The van der Waals surface area contributed by atoms with E-state index < -0.39 is 29.2 Å². The van der Waals surface area contributed by atoms with Gasteiger partial charge in [-0.3, -0.25) is 14.4 Å². The van der Waals surface area contributed by atoms with Gasteiger partial charge in [-0.2, -0.15) is 0 Å². The fourth-order valence-electron chi connectivity index (χ4n) is 6.57. The summed E-state index contributed by atoms with van der Waals surface area (Å²) in [4.78, 5) is 49.3. The zero-order valence-electron chi connectivity index (χ0n) is 25.5. The quantitative estimate of drug-likeness (QED) is 0.130. The lowest BCUT2D eigenvalue weighted by Crippen LogP contribution is -2.53. The molecule has 0 saturated carbocycles. The summed E-state index contributed by atoms with van der Waals surface area (Å²) in [5.74, 6) is -3.77. The van der Waals surface area contributed by atoms with Gasteiger partial charge in [-0.15, -0.1) is 0 Å². The molecule has 1 unspecified atom stereocenters.